The zero-order chi connectivity index (χ0) is 13.1. The van der Waals surface area contributed by atoms with E-state index in [4.69, 9.17) is 40.5 Å². The van der Waals surface area contributed by atoms with Gasteiger partial charge in [-0.15, -0.1) is 0 Å². The van der Waals surface area contributed by atoms with Gasteiger partial charge in [-0.3, -0.25) is 0 Å². The Morgan fingerprint density at radius 2 is 1.67 bits per heavy atom. The maximum Gasteiger partial charge on any atom is 0.191 e. The van der Waals surface area contributed by atoms with Gasteiger partial charge in [-0.2, -0.15) is 0 Å². The van der Waals surface area contributed by atoms with Gasteiger partial charge in [0.2, 0.25) is 0 Å². The number of hydrogen-bond donors (Lipinski definition) is 1. The normalized spacial score (nSPS) is 10.6. The van der Waals surface area contributed by atoms with Crippen molar-refractivity contribution in [3.8, 4) is 0 Å². The molecule has 0 aliphatic carbocycles. The second kappa shape index (κ2) is 5.97. The summed E-state index contributed by atoms with van der Waals surface area (Å²) in [5.41, 5.74) is 6.57. The summed E-state index contributed by atoms with van der Waals surface area (Å²) in [7, 11) is 0. The predicted octanol–water partition coefficient (Wildman–Crippen LogP) is 4.31. The number of benzene rings is 1. The molecule has 0 saturated carbocycles. The van der Waals surface area contributed by atoms with Gasteiger partial charge in [-0.1, -0.05) is 46.6 Å². The highest BCUT2D eigenvalue weighted by Gasteiger charge is 2.04. The lowest BCUT2D eigenvalue weighted by atomic mass is 10.2. The standard InChI is InChI=1S/C11H8Cl3N3S/c12-7-1-6(2-8(13)3-7)5-18-11-16-9(14)4-10(15)17-11/h1-4H,5H2,(H2,15,16,17). The minimum absolute atomic E-state index is 0.328. The molecule has 0 unspecified atom stereocenters. The molecule has 18 heavy (non-hydrogen) atoms. The molecular weight excluding hydrogens is 313 g/mol. The van der Waals surface area contributed by atoms with E-state index in [-0.39, 0.29) is 0 Å². The summed E-state index contributed by atoms with van der Waals surface area (Å²) in [6, 6.07) is 6.87. The molecule has 3 nitrogen and oxygen atoms in total. The highest BCUT2D eigenvalue weighted by molar-refractivity contribution is 7.98. The van der Waals surface area contributed by atoms with E-state index in [0.717, 1.165) is 5.56 Å². The third-order valence-corrected chi connectivity index (χ3v) is 3.53. The van der Waals surface area contributed by atoms with Gasteiger partial charge >= 0.3 is 0 Å². The zero-order valence-corrected chi connectivity index (χ0v) is 12.1. The van der Waals surface area contributed by atoms with Crippen molar-refractivity contribution in [3.63, 3.8) is 0 Å². The van der Waals surface area contributed by atoms with E-state index >= 15 is 0 Å². The molecule has 0 saturated heterocycles. The summed E-state index contributed by atoms with van der Waals surface area (Å²) in [6.07, 6.45) is 0. The summed E-state index contributed by atoms with van der Waals surface area (Å²) in [6.45, 7) is 0. The van der Waals surface area contributed by atoms with Crippen LogP contribution in [-0.4, -0.2) is 9.97 Å². The largest absolute Gasteiger partial charge is 0.384 e. The van der Waals surface area contributed by atoms with Gasteiger partial charge < -0.3 is 5.73 Å². The molecule has 1 heterocycles. The lowest BCUT2D eigenvalue weighted by Gasteiger charge is -2.03. The van der Waals surface area contributed by atoms with E-state index in [9.17, 15) is 0 Å². The Morgan fingerprint density at radius 3 is 2.28 bits per heavy atom. The highest BCUT2D eigenvalue weighted by Crippen LogP contribution is 2.25. The van der Waals surface area contributed by atoms with Crippen LogP contribution in [0.5, 0.6) is 0 Å². The number of rotatable bonds is 3. The minimum Gasteiger partial charge on any atom is -0.384 e. The third kappa shape index (κ3) is 3.92. The molecule has 0 bridgehead atoms. The second-order valence-electron chi connectivity index (χ2n) is 3.46. The first-order valence-corrected chi connectivity index (χ1v) is 7.03. The van der Waals surface area contributed by atoms with Crippen LogP contribution in [0.25, 0.3) is 0 Å². The number of hydrogen-bond acceptors (Lipinski definition) is 4. The average molecular weight is 321 g/mol. The van der Waals surface area contributed by atoms with Gasteiger partial charge in [0.05, 0.1) is 0 Å². The van der Waals surface area contributed by atoms with E-state index in [0.29, 0.717) is 31.9 Å². The fourth-order valence-corrected chi connectivity index (χ4v) is 2.93. The van der Waals surface area contributed by atoms with Crippen molar-refractivity contribution in [1.29, 1.82) is 0 Å². The molecule has 0 aliphatic heterocycles. The Bertz CT molecular complexity index is 485. The maximum atomic E-state index is 5.92. The smallest absolute Gasteiger partial charge is 0.191 e. The van der Waals surface area contributed by atoms with E-state index in [1.807, 2.05) is 12.1 Å². The van der Waals surface area contributed by atoms with Crippen molar-refractivity contribution in [2.75, 3.05) is 5.73 Å². The summed E-state index contributed by atoms with van der Waals surface area (Å²) in [5.74, 6) is 0.988. The van der Waals surface area contributed by atoms with Crippen LogP contribution < -0.4 is 5.73 Å². The monoisotopic (exact) mass is 319 g/mol. The number of nitrogens with two attached hydrogens (primary N) is 1. The fourth-order valence-electron chi connectivity index (χ4n) is 1.32. The molecule has 0 amide bonds. The molecule has 2 aromatic rings. The molecule has 2 rings (SSSR count). The summed E-state index contributed by atoms with van der Waals surface area (Å²) < 4.78 is 0. The average Bonchev–Trinajstić information content (AvgIpc) is 2.23. The Morgan fingerprint density at radius 1 is 1.00 bits per heavy atom. The second-order valence-corrected chi connectivity index (χ2v) is 5.67. The molecular formula is C11H8Cl3N3S. The molecule has 7 heteroatoms. The minimum atomic E-state index is 0.328. The van der Waals surface area contributed by atoms with Crippen LogP contribution in [0.1, 0.15) is 5.56 Å². The molecule has 0 fully saturated rings. The van der Waals surface area contributed by atoms with Crippen LogP contribution in [0.3, 0.4) is 0 Å². The molecule has 1 aromatic carbocycles. The lowest BCUT2D eigenvalue weighted by molar-refractivity contribution is 0.976. The van der Waals surface area contributed by atoms with Crippen molar-refractivity contribution in [2.24, 2.45) is 0 Å². The number of thioether (sulfide) groups is 1. The van der Waals surface area contributed by atoms with Crippen LogP contribution in [0.15, 0.2) is 29.4 Å². The fraction of sp³-hybridized carbons (Fsp3) is 0.0909. The highest BCUT2D eigenvalue weighted by atomic mass is 35.5. The number of halogens is 3. The third-order valence-electron chi connectivity index (χ3n) is 1.98. The predicted molar refractivity (Wildman–Crippen MR) is 77.5 cm³/mol. The van der Waals surface area contributed by atoms with Crippen LogP contribution in [0.4, 0.5) is 5.82 Å². The molecule has 94 valence electrons. The van der Waals surface area contributed by atoms with Crippen LogP contribution in [0.2, 0.25) is 15.2 Å². The zero-order valence-electron chi connectivity index (χ0n) is 9.03. The molecule has 1 aromatic heterocycles. The van der Waals surface area contributed by atoms with Crippen LogP contribution >= 0.6 is 46.6 Å². The van der Waals surface area contributed by atoms with Crippen molar-refractivity contribution in [2.45, 2.75) is 10.9 Å². The van der Waals surface area contributed by atoms with Crippen molar-refractivity contribution in [1.82, 2.24) is 9.97 Å². The summed E-state index contributed by atoms with van der Waals surface area (Å²) in [5, 5.41) is 2.06. The van der Waals surface area contributed by atoms with Gasteiger partial charge in [0.25, 0.3) is 0 Å². The van der Waals surface area contributed by atoms with E-state index in [2.05, 4.69) is 9.97 Å². The van der Waals surface area contributed by atoms with Crippen molar-refractivity contribution < 1.29 is 0 Å². The molecule has 0 atom stereocenters. The first-order chi connectivity index (χ1) is 8.52. The lowest BCUT2D eigenvalue weighted by Crippen LogP contribution is -1.95. The maximum absolute atomic E-state index is 5.92. The SMILES string of the molecule is Nc1cc(Cl)nc(SCc2cc(Cl)cc(Cl)c2)n1. The molecule has 0 radical (unpaired) electrons. The van der Waals surface area contributed by atoms with Crippen LogP contribution in [0, 0.1) is 0 Å². The van der Waals surface area contributed by atoms with Crippen LogP contribution in [-0.2, 0) is 5.75 Å². The topological polar surface area (TPSA) is 51.8 Å². The summed E-state index contributed by atoms with van der Waals surface area (Å²) >= 11 is 19.0. The first-order valence-electron chi connectivity index (χ1n) is 4.91. The Kier molecular flexibility index (Phi) is 4.56. The number of nitrogens with zero attached hydrogens (tertiary/aromatic N) is 2. The molecule has 2 N–H and O–H groups in total. The van der Waals surface area contributed by atoms with Gasteiger partial charge in [0.15, 0.2) is 5.16 Å². The molecule has 0 aliphatic rings. The molecule has 0 spiro atoms. The number of nitrogen functional groups attached to an aromatic ring is 1. The van der Waals surface area contributed by atoms with Crippen molar-refractivity contribution >= 4 is 52.4 Å². The first kappa shape index (κ1) is 13.7. The van der Waals surface area contributed by atoms with Crippen molar-refractivity contribution in [3.05, 3.63) is 45.0 Å². The Balaban J connectivity index is 2.11. The Labute approximate surface area is 124 Å². The van der Waals surface area contributed by atoms with E-state index in [1.165, 1.54) is 17.8 Å². The van der Waals surface area contributed by atoms with Gasteiger partial charge in [-0.05, 0) is 23.8 Å². The summed E-state index contributed by atoms with van der Waals surface area (Å²) in [4.78, 5) is 8.14. The Hall–Kier alpha value is -0.680. The number of aromatic nitrogens is 2. The quantitative estimate of drug-likeness (QED) is 0.520. The number of anilines is 1. The van der Waals surface area contributed by atoms with E-state index in [1.54, 1.807) is 6.07 Å². The van der Waals surface area contributed by atoms with Gasteiger partial charge in [0, 0.05) is 21.9 Å². The van der Waals surface area contributed by atoms with Gasteiger partial charge in [0.1, 0.15) is 11.0 Å². The van der Waals surface area contributed by atoms with Gasteiger partial charge in [-0.25, -0.2) is 9.97 Å². The van der Waals surface area contributed by atoms with E-state index < -0.39 is 0 Å².